The molecule has 9 heteroatoms. The highest BCUT2D eigenvalue weighted by atomic mass is 16.3. The predicted octanol–water partition coefficient (Wildman–Crippen LogP) is 3.62. The van der Waals surface area contributed by atoms with Gasteiger partial charge >= 0.3 is 0 Å². The van der Waals surface area contributed by atoms with Gasteiger partial charge in [0.05, 0.1) is 11.9 Å². The summed E-state index contributed by atoms with van der Waals surface area (Å²) in [6.45, 7) is 8.77. The molecule has 1 fully saturated rings. The highest BCUT2D eigenvalue weighted by Crippen LogP contribution is 2.28. The Balaban J connectivity index is 1.33. The molecule has 4 heterocycles. The summed E-state index contributed by atoms with van der Waals surface area (Å²) < 4.78 is 7.33. The van der Waals surface area contributed by atoms with Crippen molar-refractivity contribution in [2.75, 3.05) is 43.4 Å². The van der Waals surface area contributed by atoms with Crippen molar-refractivity contribution >= 4 is 28.7 Å². The molecule has 4 aromatic rings. The minimum absolute atomic E-state index is 0.249. The van der Waals surface area contributed by atoms with Crippen LogP contribution in [0.1, 0.15) is 24.4 Å². The van der Waals surface area contributed by atoms with Crippen molar-refractivity contribution in [2.45, 2.75) is 19.9 Å². The van der Waals surface area contributed by atoms with Crippen molar-refractivity contribution in [3.05, 3.63) is 60.9 Å². The molecule has 3 aromatic heterocycles. The van der Waals surface area contributed by atoms with Crippen LogP contribution in [0.3, 0.4) is 0 Å². The molecule has 9 nitrogen and oxygen atoms in total. The Morgan fingerprint density at radius 3 is 2.56 bits per heavy atom. The largest absolute Gasteiger partial charge is 0.458 e. The van der Waals surface area contributed by atoms with E-state index in [2.05, 4.69) is 68.5 Å². The lowest BCUT2D eigenvalue weighted by Gasteiger charge is -2.38. The molecule has 0 saturated carbocycles. The standard InChI is InChI=1S/C25H29N7O2/c1-17(2)30-10-12-31(13-11-30)20-6-4-19(5-7-20)29-23-24-27-8-9-32(24)21(15-28-23)18-14-22(34-16-18)25(33)26-3/h4-9,14-17H,10-13H2,1-3H3,(H,26,33)(H,28,29). The lowest BCUT2D eigenvalue weighted by molar-refractivity contribution is 0.0935. The Morgan fingerprint density at radius 1 is 1.09 bits per heavy atom. The van der Waals surface area contributed by atoms with E-state index in [0.29, 0.717) is 17.5 Å². The number of piperazine rings is 1. The summed E-state index contributed by atoms with van der Waals surface area (Å²) in [7, 11) is 1.57. The van der Waals surface area contributed by atoms with Gasteiger partial charge in [-0.2, -0.15) is 0 Å². The number of amides is 1. The van der Waals surface area contributed by atoms with Gasteiger partial charge in [0.1, 0.15) is 6.26 Å². The molecule has 34 heavy (non-hydrogen) atoms. The predicted molar refractivity (Wildman–Crippen MR) is 133 cm³/mol. The van der Waals surface area contributed by atoms with Crippen LogP contribution in [-0.2, 0) is 0 Å². The number of imidazole rings is 1. The molecule has 0 spiro atoms. The van der Waals surface area contributed by atoms with Crippen LogP contribution in [0.2, 0.25) is 0 Å². The molecule has 0 aliphatic carbocycles. The minimum Gasteiger partial charge on any atom is -0.458 e. The fourth-order valence-corrected chi connectivity index (χ4v) is 4.32. The first-order chi connectivity index (χ1) is 16.5. The van der Waals surface area contributed by atoms with E-state index in [4.69, 9.17) is 4.42 Å². The Hall–Kier alpha value is -3.85. The van der Waals surface area contributed by atoms with E-state index in [1.165, 1.54) is 5.69 Å². The average Bonchev–Trinajstić information content (AvgIpc) is 3.55. The van der Waals surface area contributed by atoms with E-state index in [-0.39, 0.29) is 11.7 Å². The number of benzene rings is 1. The number of aromatic nitrogens is 3. The van der Waals surface area contributed by atoms with Gasteiger partial charge in [0.15, 0.2) is 17.2 Å². The van der Waals surface area contributed by atoms with Gasteiger partial charge in [0.25, 0.3) is 5.91 Å². The second kappa shape index (κ2) is 9.18. The fourth-order valence-electron chi connectivity index (χ4n) is 4.32. The van der Waals surface area contributed by atoms with Crippen LogP contribution >= 0.6 is 0 Å². The second-order valence-corrected chi connectivity index (χ2v) is 8.68. The van der Waals surface area contributed by atoms with Crippen LogP contribution in [0, 0.1) is 0 Å². The third-order valence-corrected chi connectivity index (χ3v) is 6.31. The molecule has 0 bridgehead atoms. The first-order valence-electron chi connectivity index (χ1n) is 11.5. The Labute approximate surface area is 198 Å². The molecule has 1 saturated heterocycles. The SMILES string of the molecule is CNC(=O)c1cc(-c2cnc(Nc3ccc(N4CCN(C(C)C)CC4)cc3)c3nccn23)co1. The van der Waals surface area contributed by atoms with Gasteiger partial charge in [-0.05, 0) is 44.2 Å². The number of hydrogen-bond acceptors (Lipinski definition) is 7. The topological polar surface area (TPSA) is 90.9 Å². The zero-order chi connectivity index (χ0) is 23.7. The maximum atomic E-state index is 11.8. The van der Waals surface area contributed by atoms with Crippen molar-refractivity contribution in [3.63, 3.8) is 0 Å². The number of anilines is 3. The minimum atomic E-state index is -0.274. The Bertz CT molecular complexity index is 1280. The van der Waals surface area contributed by atoms with Gasteiger partial charge in [-0.15, -0.1) is 0 Å². The first-order valence-corrected chi connectivity index (χ1v) is 11.5. The molecule has 1 aliphatic heterocycles. The highest BCUT2D eigenvalue weighted by molar-refractivity contribution is 5.92. The third kappa shape index (κ3) is 4.22. The summed E-state index contributed by atoms with van der Waals surface area (Å²) in [5.74, 6) is 0.630. The van der Waals surface area contributed by atoms with Gasteiger partial charge in [0, 0.05) is 68.6 Å². The molecule has 176 valence electrons. The average molecular weight is 460 g/mol. The molecule has 1 aliphatic rings. The molecule has 0 radical (unpaired) electrons. The Kier molecular flexibility index (Phi) is 5.93. The normalized spacial score (nSPS) is 14.6. The van der Waals surface area contributed by atoms with E-state index in [9.17, 15) is 4.79 Å². The number of carbonyl (C=O) groups excluding carboxylic acids is 1. The van der Waals surface area contributed by atoms with Crippen LogP contribution in [0.4, 0.5) is 17.2 Å². The van der Waals surface area contributed by atoms with E-state index in [1.54, 1.807) is 31.8 Å². The highest BCUT2D eigenvalue weighted by Gasteiger charge is 2.19. The lowest BCUT2D eigenvalue weighted by atomic mass is 10.2. The summed E-state index contributed by atoms with van der Waals surface area (Å²) in [6.07, 6.45) is 6.89. The van der Waals surface area contributed by atoms with Gasteiger partial charge in [-0.25, -0.2) is 9.97 Å². The van der Waals surface area contributed by atoms with Gasteiger partial charge in [-0.3, -0.25) is 14.1 Å². The summed E-state index contributed by atoms with van der Waals surface area (Å²) in [6, 6.07) is 10.7. The maximum absolute atomic E-state index is 11.8. The van der Waals surface area contributed by atoms with Crippen molar-refractivity contribution in [1.82, 2.24) is 24.6 Å². The summed E-state index contributed by atoms with van der Waals surface area (Å²) >= 11 is 0. The molecular weight excluding hydrogens is 430 g/mol. The monoisotopic (exact) mass is 459 g/mol. The number of furan rings is 1. The van der Waals surface area contributed by atoms with Crippen LogP contribution < -0.4 is 15.5 Å². The van der Waals surface area contributed by atoms with Gasteiger partial charge in [0.2, 0.25) is 0 Å². The van der Waals surface area contributed by atoms with Crippen LogP contribution in [0.25, 0.3) is 16.9 Å². The molecule has 0 unspecified atom stereocenters. The number of hydrogen-bond donors (Lipinski definition) is 2. The quantitative estimate of drug-likeness (QED) is 0.455. The molecular formula is C25H29N7O2. The molecule has 1 amide bonds. The number of nitrogens with one attached hydrogen (secondary N) is 2. The van der Waals surface area contributed by atoms with Crippen molar-refractivity contribution < 1.29 is 9.21 Å². The lowest BCUT2D eigenvalue weighted by Crippen LogP contribution is -2.48. The van der Waals surface area contributed by atoms with Crippen LogP contribution in [0.5, 0.6) is 0 Å². The molecule has 0 atom stereocenters. The second-order valence-electron chi connectivity index (χ2n) is 8.68. The van der Waals surface area contributed by atoms with E-state index in [0.717, 1.165) is 43.1 Å². The van der Waals surface area contributed by atoms with E-state index >= 15 is 0 Å². The van der Waals surface area contributed by atoms with Gasteiger partial charge < -0.3 is 20.0 Å². The summed E-state index contributed by atoms with van der Waals surface area (Å²) in [5.41, 5.74) is 4.40. The molecule has 2 N–H and O–H groups in total. The molecule has 1 aromatic carbocycles. The fraction of sp³-hybridized carbons (Fsp3) is 0.320. The van der Waals surface area contributed by atoms with E-state index in [1.807, 2.05) is 10.6 Å². The zero-order valence-electron chi connectivity index (χ0n) is 19.7. The van der Waals surface area contributed by atoms with Crippen LogP contribution in [-0.4, -0.2) is 64.4 Å². The number of nitrogens with zero attached hydrogens (tertiary/aromatic N) is 5. The smallest absolute Gasteiger partial charge is 0.286 e. The summed E-state index contributed by atoms with van der Waals surface area (Å²) in [4.78, 5) is 25.9. The van der Waals surface area contributed by atoms with Crippen molar-refractivity contribution in [3.8, 4) is 11.3 Å². The third-order valence-electron chi connectivity index (χ3n) is 6.31. The number of carbonyl (C=O) groups is 1. The first kappa shape index (κ1) is 22.0. The van der Waals surface area contributed by atoms with E-state index < -0.39 is 0 Å². The van der Waals surface area contributed by atoms with Gasteiger partial charge in [-0.1, -0.05) is 0 Å². The maximum Gasteiger partial charge on any atom is 0.286 e. The van der Waals surface area contributed by atoms with Crippen molar-refractivity contribution in [1.29, 1.82) is 0 Å². The van der Waals surface area contributed by atoms with Crippen LogP contribution in [0.15, 0.2) is 59.6 Å². The van der Waals surface area contributed by atoms with Crippen molar-refractivity contribution in [2.24, 2.45) is 0 Å². The zero-order valence-corrected chi connectivity index (χ0v) is 19.7. The summed E-state index contributed by atoms with van der Waals surface area (Å²) in [5, 5.41) is 5.95. The number of rotatable bonds is 6. The Morgan fingerprint density at radius 2 is 1.85 bits per heavy atom. The number of fused-ring (bicyclic) bond motifs is 1. The molecule has 5 rings (SSSR count).